The monoisotopic (exact) mass is 203 g/mol. The molecular formula is C12H17N3. The van der Waals surface area contributed by atoms with Gasteiger partial charge in [-0.3, -0.25) is 5.10 Å². The molecule has 80 valence electrons. The van der Waals surface area contributed by atoms with E-state index in [1.807, 2.05) is 12.1 Å². The van der Waals surface area contributed by atoms with Gasteiger partial charge in [0.15, 0.2) is 0 Å². The molecule has 0 fully saturated rings. The largest absolute Gasteiger partial charge is 0.326 e. The van der Waals surface area contributed by atoms with Gasteiger partial charge in [-0.2, -0.15) is 5.10 Å². The van der Waals surface area contributed by atoms with Crippen molar-refractivity contribution in [3.05, 3.63) is 29.5 Å². The zero-order valence-corrected chi connectivity index (χ0v) is 9.46. The van der Waals surface area contributed by atoms with E-state index in [1.165, 1.54) is 11.1 Å². The molecule has 0 aliphatic carbocycles. The summed E-state index contributed by atoms with van der Waals surface area (Å²) >= 11 is 0. The van der Waals surface area contributed by atoms with Gasteiger partial charge in [0.25, 0.3) is 0 Å². The Morgan fingerprint density at radius 2 is 2.07 bits per heavy atom. The summed E-state index contributed by atoms with van der Waals surface area (Å²) in [7, 11) is 0. The first-order valence-electron chi connectivity index (χ1n) is 5.20. The van der Waals surface area contributed by atoms with Crippen LogP contribution in [0.2, 0.25) is 0 Å². The number of aromatic amines is 1. The molecule has 15 heavy (non-hydrogen) atoms. The van der Waals surface area contributed by atoms with Gasteiger partial charge in [0.05, 0.1) is 5.52 Å². The first-order valence-corrected chi connectivity index (χ1v) is 5.20. The van der Waals surface area contributed by atoms with Crippen molar-refractivity contribution in [1.29, 1.82) is 0 Å². The number of hydrogen-bond acceptors (Lipinski definition) is 2. The van der Waals surface area contributed by atoms with E-state index in [4.69, 9.17) is 5.73 Å². The number of nitrogens with zero attached hydrogens (tertiary/aromatic N) is 1. The molecular weight excluding hydrogens is 186 g/mol. The standard InChI is InChI=1S/C12H17N3/c1-12(2,3)11-10-8(7-13)5-4-6-9(10)14-15-11/h4-6H,7,13H2,1-3H3,(H,14,15). The summed E-state index contributed by atoms with van der Waals surface area (Å²) in [5.41, 5.74) is 9.14. The highest BCUT2D eigenvalue weighted by Crippen LogP contribution is 2.29. The van der Waals surface area contributed by atoms with E-state index < -0.39 is 0 Å². The van der Waals surface area contributed by atoms with E-state index in [2.05, 4.69) is 37.0 Å². The highest BCUT2D eigenvalue weighted by Gasteiger charge is 2.20. The van der Waals surface area contributed by atoms with Crippen LogP contribution in [0.5, 0.6) is 0 Å². The number of nitrogens with one attached hydrogen (secondary N) is 1. The van der Waals surface area contributed by atoms with Crippen LogP contribution in [0.3, 0.4) is 0 Å². The van der Waals surface area contributed by atoms with E-state index in [0.717, 1.165) is 11.1 Å². The number of fused-ring (bicyclic) bond motifs is 1. The molecule has 0 aliphatic rings. The van der Waals surface area contributed by atoms with Gasteiger partial charge in [0, 0.05) is 23.0 Å². The molecule has 0 aliphatic heterocycles. The molecule has 0 radical (unpaired) electrons. The van der Waals surface area contributed by atoms with Gasteiger partial charge >= 0.3 is 0 Å². The van der Waals surface area contributed by atoms with Crippen molar-refractivity contribution < 1.29 is 0 Å². The summed E-state index contributed by atoms with van der Waals surface area (Å²) in [6.45, 7) is 7.08. The summed E-state index contributed by atoms with van der Waals surface area (Å²) in [5, 5.41) is 8.62. The average molecular weight is 203 g/mol. The average Bonchev–Trinajstić information content (AvgIpc) is 2.59. The normalized spacial score (nSPS) is 12.3. The second-order valence-electron chi connectivity index (χ2n) is 4.86. The van der Waals surface area contributed by atoms with Crippen molar-refractivity contribution in [1.82, 2.24) is 10.2 Å². The fourth-order valence-corrected chi connectivity index (χ4v) is 1.85. The van der Waals surface area contributed by atoms with Gasteiger partial charge in [-0.15, -0.1) is 0 Å². The van der Waals surface area contributed by atoms with Gasteiger partial charge in [-0.05, 0) is 11.6 Å². The second-order valence-corrected chi connectivity index (χ2v) is 4.86. The van der Waals surface area contributed by atoms with Crippen LogP contribution in [0, 0.1) is 0 Å². The van der Waals surface area contributed by atoms with Crippen molar-refractivity contribution in [2.24, 2.45) is 5.73 Å². The zero-order chi connectivity index (χ0) is 11.1. The van der Waals surface area contributed by atoms with Gasteiger partial charge in [-0.1, -0.05) is 32.9 Å². The molecule has 0 amide bonds. The molecule has 3 nitrogen and oxygen atoms in total. The first kappa shape index (κ1) is 10.2. The molecule has 0 atom stereocenters. The lowest BCUT2D eigenvalue weighted by Crippen LogP contribution is -2.13. The molecule has 0 saturated heterocycles. The Kier molecular flexibility index (Phi) is 2.27. The maximum absolute atomic E-state index is 5.75. The van der Waals surface area contributed by atoms with E-state index >= 15 is 0 Å². The quantitative estimate of drug-likeness (QED) is 0.747. The van der Waals surface area contributed by atoms with Crippen LogP contribution in [0.25, 0.3) is 10.9 Å². The van der Waals surface area contributed by atoms with E-state index in [-0.39, 0.29) is 5.41 Å². The van der Waals surface area contributed by atoms with E-state index in [9.17, 15) is 0 Å². The third kappa shape index (κ3) is 1.63. The minimum absolute atomic E-state index is 0.0695. The smallest absolute Gasteiger partial charge is 0.0927 e. The Balaban J connectivity index is 2.77. The van der Waals surface area contributed by atoms with Crippen molar-refractivity contribution >= 4 is 10.9 Å². The van der Waals surface area contributed by atoms with Crippen LogP contribution >= 0.6 is 0 Å². The van der Waals surface area contributed by atoms with Crippen LogP contribution < -0.4 is 5.73 Å². The molecule has 2 aromatic rings. The molecule has 0 saturated carbocycles. The molecule has 3 heteroatoms. The molecule has 0 bridgehead atoms. The number of H-pyrrole nitrogens is 1. The van der Waals surface area contributed by atoms with Crippen LogP contribution in [-0.4, -0.2) is 10.2 Å². The third-order valence-electron chi connectivity index (χ3n) is 2.64. The predicted octanol–water partition coefficient (Wildman–Crippen LogP) is 2.32. The van der Waals surface area contributed by atoms with Crippen molar-refractivity contribution in [2.45, 2.75) is 32.7 Å². The highest BCUT2D eigenvalue weighted by atomic mass is 15.1. The first-order chi connectivity index (χ1) is 7.04. The molecule has 1 aromatic heterocycles. The summed E-state index contributed by atoms with van der Waals surface area (Å²) in [4.78, 5) is 0. The number of rotatable bonds is 1. The fourth-order valence-electron chi connectivity index (χ4n) is 1.85. The van der Waals surface area contributed by atoms with Crippen LogP contribution in [0.15, 0.2) is 18.2 Å². The van der Waals surface area contributed by atoms with Gasteiger partial charge < -0.3 is 5.73 Å². The Morgan fingerprint density at radius 1 is 1.33 bits per heavy atom. The maximum atomic E-state index is 5.75. The Bertz CT molecular complexity index is 477. The highest BCUT2D eigenvalue weighted by molar-refractivity contribution is 5.85. The molecule has 2 rings (SSSR count). The Labute approximate surface area is 89.7 Å². The van der Waals surface area contributed by atoms with Crippen molar-refractivity contribution in [3.63, 3.8) is 0 Å². The lowest BCUT2D eigenvalue weighted by atomic mass is 9.88. The molecule has 0 unspecified atom stereocenters. The summed E-state index contributed by atoms with van der Waals surface area (Å²) in [5.74, 6) is 0. The Hall–Kier alpha value is -1.35. The topological polar surface area (TPSA) is 54.7 Å². The Morgan fingerprint density at radius 3 is 2.67 bits per heavy atom. The number of nitrogens with two attached hydrogens (primary N) is 1. The van der Waals surface area contributed by atoms with Crippen molar-refractivity contribution in [2.75, 3.05) is 0 Å². The maximum Gasteiger partial charge on any atom is 0.0927 e. The predicted molar refractivity (Wildman–Crippen MR) is 62.7 cm³/mol. The number of benzene rings is 1. The molecule has 1 heterocycles. The SMILES string of the molecule is CC(C)(C)c1[nH]nc2cccc(CN)c12. The molecule has 0 spiro atoms. The lowest BCUT2D eigenvalue weighted by Gasteiger charge is -2.17. The number of aromatic nitrogens is 2. The van der Waals surface area contributed by atoms with Crippen molar-refractivity contribution in [3.8, 4) is 0 Å². The minimum Gasteiger partial charge on any atom is -0.326 e. The van der Waals surface area contributed by atoms with Gasteiger partial charge in [0.2, 0.25) is 0 Å². The summed E-state index contributed by atoms with van der Waals surface area (Å²) in [6, 6.07) is 6.07. The summed E-state index contributed by atoms with van der Waals surface area (Å²) in [6.07, 6.45) is 0. The van der Waals surface area contributed by atoms with Gasteiger partial charge in [0.1, 0.15) is 0 Å². The lowest BCUT2D eigenvalue weighted by molar-refractivity contribution is 0.571. The van der Waals surface area contributed by atoms with Crippen LogP contribution in [-0.2, 0) is 12.0 Å². The second kappa shape index (κ2) is 3.35. The van der Waals surface area contributed by atoms with E-state index in [1.54, 1.807) is 0 Å². The molecule has 1 aromatic carbocycles. The summed E-state index contributed by atoms with van der Waals surface area (Å²) < 4.78 is 0. The van der Waals surface area contributed by atoms with Crippen LogP contribution in [0.1, 0.15) is 32.0 Å². The molecule has 3 N–H and O–H groups in total. The number of hydrogen-bond donors (Lipinski definition) is 2. The van der Waals surface area contributed by atoms with Gasteiger partial charge in [-0.25, -0.2) is 0 Å². The fraction of sp³-hybridized carbons (Fsp3) is 0.417. The minimum atomic E-state index is 0.0695. The zero-order valence-electron chi connectivity index (χ0n) is 9.46. The van der Waals surface area contributed by atoms with Crippen LogP contribution in [0.4, 0.5) is 0 Å². The van der Waals surface area contributed by atoms with E-state index in [0.29, 0.717) is 6.54 Å². The third-order valence-corrected chi connectivity index (χ3v) is 2.64.